The van der Waals surface area contributed by atoms with Crippen molar-refractivity contribution in [3.8, 4) is 0 Å². The van der Waals surface area contributed by atoms with Gasteiger partial charge < -0.3 is 15.3 Å². The van der Waals surface area contributed by atoms with Gasteiger partial charge in [0.25, 0.3) is 6.43 Å². The first-order valence-electron chi connectivity index (χ1n) is 6.90. The van der Waals surface area contributed by atoms with Crippen molar-refractivity contribution in [1.29, 1.82) is 0 Å². The summed E-state index contributed by atoms with van der Waals surface area (Å²) in [6.07, 6.45) is -2.46. The van der Waals surface area contributed by atoms with E-state index in [2.05, 4.69) is 5.32 Å². The van der Waals surface area contributed by atoms with E-state index in [0.29, 0.717) is 17.3 Å². The number of hydrogen-bond acceptors (Lipinski definition) is 3. The smallest absolute Gasteiger partial charge is 0.255 e. The van der Waals surface area contributed by atoms with Gasteiger partial charge in [0, 0.05) is 29.3 Å². The third kappa shape index (κ3) is 6.59. The number of anilines is 1. The molecule has 0 saturated carbocycles. The number of aliphatic hydroxyl groups is 1. The van der Waals surface area contributed by atoms with Crippen LogP contribution in [-0.2, 0) is 6.54 Å². The number of aliphatic hydroxyl groups excluding tert-OH is 1. The molecule has 0 aliphatic carbocycles. The fraction of sp³-hybridized carbons (Fsp3) is 0.600. The van der Waals surface area contributed by atoms with Crippen molar-refractivity contribution >= 4 is 17.3 Å². The van der Waals surface area contributed by atoms with Crippen molar-refractivity contribution in [3.05, 3.63) is 28.8 Å². The minimum absolute atomic E-state index is 0.0931. The number of halogens is 3. The van der Waals surface area contributed by atoms with E-state index in [1.165, 1.54) is 4.90 Å². The highest BCUT2D eigenvalue weighted by Gasteiger charge is 2.17. The second-order valence-electron chi connectivity index (χ2n) is 5.94. The number of hydrogen-bond donors (Lipinski definition) is 2. The monoisotopic (exact) mass is 320 g/mol. The number of nitrogens with one attached hydrogen (secondary N) is 1. The third-order valence-electron chi connectivity index (χ3n) is 2.92. The van der Waals surface area contributed by atoms with Gasteiger partial charge in [-0.15, -0.1) is 0 Å². The van der Waals surface area contributed by atoms with Crippen LogP contribution in [0.1, 0.15) is 26.3 Å². The lowest BCUT2D eigenvalue weighted by Crippen LogP contribution is -2.37. The van der Waals surface area contributed by atoms with Gasteiger partial charge in [-0.2, -0.15) is 0 Å². The molecule has 0 saturated heterocycles. The normalized spacial score (nSPS) is 12.0. The summed E-state index contributed by atoms with van der Waals surface area (Å²) in [4.78, 5) is 1.49. The zero-order valence-corrected chi connectivity index (χ0v) is 13.4. The molecule has 0 atom stereocenters. The molecule has 0 amide bonds. The van der Waals surface area contributed by atoms with Gasteiger partial charge in [0.05, 0.1) is 13.2 Å². The molecule has 0 aliphatic rings. The van der Waals surface area contributed by atoms with Crippen LogP contribution >= 0.6 is 11.6 Å². The predicted molar refractivity (Wildman–Crippen MR) is 83.3 cm³/mol. The zero-order valence-electron chi connectivity index (χ0n) is 12.7. The lowest BCUT2D eigenvalue weighted by Gasteiger charge is -2.28. The fourth-order valence-electron chi connectivity index (χ4n) is 1.96. The van der Waals surface area contributed by atoms with Crippen LogP contribution in [0.15, 0.2) is 18.2 Å². The molecule has 0 fully saturated rings. The number of nitrogens with zero attached hydrogens (tertiary/aromatic N) is 1. The van der Waals surface area contributed by atoms with E-state index in [1.54, 1.807) is 18.2 Å². The Kier molecular flexibility index (Phi) is 6.84. The summed E-state index contributed by atoms with van der Waals surface area (Å²) < 4.78 is 25.4. The fourth-order valence-corrected chi connectivity index (χ4v) is 2.16. The van der Waals surface area contributed by atoms with Gasteiger partial charge in [-0.3, -0.25) is 0 Å². The molecule has 0 aliphatic heterocycles. The molecule has 3 nitrogen and oxygen atoms in total. The first-order chi connectivity index (χ1) is 9.73. The largest absolute Gasteiger partial charge is 0.395 e. The van der Waals surface area contributed by atoms with Crippen LogP contribution in [0, 0.1) is 0 Å². The Bertz CT molecular complexity index is 450. The topological polar surface area (TPSA) is 35.5 Å². The quantitative estimate of drug-likeness (QED) is 0.809. The molecular formula is C15H23ClF2N2O. The molecule has 2 N–H and O–H groups in total. The Morgan fingerprint density at radius 1 is 1.33 bits per heavy atom. The van der Waals surface area contributed by atoms with Gasteiger partial charge in [-0.25, -0.2) is 8.78 Å². The van der Waals surface area contributed by atoms with E-state index < -0.39 is 13.0 Å². The molecule has 0 bridgehead atoms. The lowest BCUT2D eigenvalue weighted by molar-refractivity contribution is 0.152. The van der Waals surface area contributed by atoms with Crippen molar-refractivity contribution in [2.24, 2.45) is 0 Å². The maximum atomic E-state index is 12.7. The summed E-state index contributed by atoms with van der Waals surface area (Å²) in [5.41, 5.74) is 1.42. The first kappa shape index (κ1) is 18.1. The van der Waals surface area contributed by atoms with Crippen molar-refractivity contribution < 1.29 is 13.9 Å². The minimum atomic E-state index is -2.46. The Balaban J connectivity index is 3.02. The standard InChI is InChI=1S/C15H23ClF2N2O/c1-15(2,3)19-9-11-8-12(16)4-5-13(11)20(6-7-21)10-14(17)18/h4-5,8,14,19,21H,6-7,9-10H2,1-3H3. The van der Waals surface area contributed by atoms with Crippen molar-refractivity contribution in [1.82, 2.24) is 5.32 Å². The molecule has 0 aromatic heterocycles. The number of alkyl halides is 2. The maximum absolute atomic E-state index is 12.7. The van der Waals surface area contributed by atoms with Crippen molar-refractivity contribution in [2.75, 3.05) is 24.6 Å². The van der Waals surface area contributed by atoms with Gasteiger partial charge in [0.2, 0.25) is 0 Å². The molecule has 6 heteroatoms. The Morgan fingerprint density at radius 2 is 2.00 bits per heavy atom. The zero-order chi connectivity index (χ0) is 16.0. The molecule has 0 heterocycles. The van der Waals surface area contributed by atoms with Gasteiger partial charge in [0.1, 0.15) is 0 Å². The Hall–Kier alpha value is -0.910. The van der Waals surface area contributed by atoms with Crippen LogP contribution in [0.25, 0.3) is 0 Å². The molecular weight excluding hydrogens is 298 g/mol. The molecule has 21 heavy (non-hydrogen) atoms. The number of rotatable bonds is 7. The predicted octanol–water partition coefficient (Wildman–Crippen LogP) is 3.29. The van der Waals surface area contributed by atoms with E-state index in [1.807, 2.05) is 20.8 Å². The summed E-state index contributed by atoms with van der Waals surface area (Å²) in [6.45, 7) is 6.18. The van der Waals surface area contributed by atoms with Gasteiger partial charge in [0.15, 0.2) is 0 Å². The van der Waals surface area contributed by atoms with E-state index >= 15 is 0 Å². The second kappa shape index (κ2) is 7.92. The van der Waals surface area contributed by atoms with Crippen molar-refractivity contribution in [2.45, 2.75) is 39.3 Å². The number of benzene rings is 1. The molecule has 0 radical (unpaired) electrons. The average Bonchev–Trinajstić information content (AvgIpc) is 2.34. The first-order valence-corrected chi connectivity index (χ1v) is 7.28. The minimum Gasteiger partial charge on any atom is -0.395 e. The van der Waals surface area contributed by atoms with Gasteiger partial charge in [-0.1, -0.05) is 11.6 Å². The SMILES string of the molecule is CC(C)(C)NCc1cc(Cl)ccc1N(CCO)CC(F)F. The molecule has 1 rings (SSSR count). The Labute approximate surface area is 129 Å². The summed E-state index contributed by atoms with van der Waals surface area (Å²) >= 11 is 6.01. The van der Waals surface area contributed by atoms with Crippen LogP contribution in [0.5, 0.6) is 0 Å². The van der Waals surface area contributed by atoms with E-state index in [0.717, 1.165) is 5.56 Å². The van der Waals surface area contributed by atoms with Crippen LogP contribution in [0.4, 0.5) is 14.5 Å². The molecule has 0 unspecified atom stereocenters. The highest BCUT2D eigenvalue weighted by Crippen LogP contribution is 2.25. The van der Waals surface area contributed by atoms with E-state index in [9.17, 15) is 8.78 Å². The second-order valence-corrected chi connectivity index (χ2v) is 6.37. The van der Waals surface area contributed by atoms with Crippen LogP contribution in [0.2, 0.25) is 5.02 Å². The molecule has 1 aromatic rings. The highest BCUT2D eigenvalue weighted by atomic mass is 35.5. The highest BCUT2D eigenvalue weighted by molar-refractivity contribution is 6.30. The maximum Gasteiger partial charge on any atom is 0.255 e. The molecule has 1 aromatic carbocycles. The van der Waals surface area contributed by atoms with E-state index in [-0.39, 0.29) is 18.7 Å². The Morgan fingerprint density at radius 3 is 2.52 bits per heavy atom. The third-order valence-corrected chi connectivity index (χ3v) is 3.15. The molecule has 120 valence electrons. The summed E-state index contributed by atoms with van der Waals surface area (Å²) in [5, 5.41) is 13.0. The van der Waals surface area contributed by atoms with Crippen LogP contribution < -0.4 is 10.2 Å². The average molecular weight is 321 g/mol. The van der Waals surface area contributed by atoms with Crippen LogP contribution in [0.3, 0.4) is 0 Å². The summed E-state index contributed by atoms with van der Waals surface area (Å²) in [5.74, 6) is 0. The van der Waals surface area contributed by atoms with Crippen molar-refractivity contribution in [3.63, 3.8) is 0 Å². The van der Waals surface area contributed by atoms with Crippen LogP contribution in [-0.4, -0.2) is 36.8 Å². The van der Waals surface area contributed by atoms with Gasteiger partial charge in [-0.05, 0) is 44.5 Å². The van der Waals surface area contributed by atoms with Gasteiger partial charge >= 0.3 is 0 Å². The molecule has 0 spiro atoms. The summed E-state index contributed by atoms with van der Waals surface area (Å²) in [7, 11) is 0. The summed E-state index contributed by atoms with van der Waals surface area (Å²) in [6, 6.07) is 5.17. The lowest BCUT2D eigenvalue weighted by atomic mass is 10.1. The van der Waals surface area contributed by atoms with E-state index in [4.69, 9.17) is 16.7 Å².